The summed E-state index contributed by atoms with van der Waals surface area (Å²) < 4.78 is 1.94. The summed E-state index contributed by atoms with van der Waals surface area (Å²) in [5.74, 6) is 0.548. The highest BCUT2D eigenvalue weighted by atomic mass is 35.5. The average Bonchev–Trinajstić information content (AvgIpc) is 3.22. The van der Waals surface area contributed by atoms with Crippen LogP contribution >= 0.6 is 11.6 Å². The van der Waals surface area contributed by atoms with E-state index in [0.29, 0.717) is 12.5 Å². The molecule has 19 heavy (non-hydrogen) atoms. The van der Waals surface area contributed by atoms with Crippen LogP contribution in [0.15, 0.2) is 0 Å². The smallest absolute Gasteiger partial charge is 0.0844 e. The molecule has 0 bridgehead atoms. The summed E-state index contributed by atoms with van der Waals surface area (Å²) in [6.45, 7) is 7.80. The Morgan fingerprint density at radius 2 is 2.16 bits per heavy atom. The molecule has 0 amide bonds. The fourth-order valence-electron chi connectivity index (χ4n) is 2.67. The van der Waals surface area contributed by atoms with Crippen LogP contribution in [0, 0.1) is 19.8 Å². The van der Waals surface area contributed by atoms with Crippen LogP contribution in [0.25, 0.3) is 0 Å². The van der Waals surface area contributed by atoms with Crippen LogP contribution in [0.5, 0.6) is 0 Å². The van der Waals surface area contributed by atoms with Gasteiger partial charge in [0.05, 0.1) is 35.1 Å². The largest absolute Gasteiger partial charge is 0.394 e. The van der Waals surface area contributed by atoms with Gasteiger partial charge in [0.1, 0.15) is 0 Å². The van der Waals surface area contributed by atoms with Crippen molar-refractivity contribution in [2.24, 2.45) is 5.92 Å². The van der Waals surface area contributed by atoms with Crippen molar-refractivity contribution >= 4 is 11.6 Å². The Hall–Kier alpha value is -0.580. The summed E-state index contributed by atoms with van der Waals surface area (Å²) >= 11 is 6.20. The third-order valence-electron chi connectivity index (χ3n) is 4.09. The van der Waals surface area contributed by atoms with Gasteiger partial charge in [-0.3, -0.25) is 4.68 Å². The summed E-state index contributed by atoms with van der Waals surface area (Å²) in [6, 6.07) is 0. The topological polar surface area (TPSA) is 50.1 Å². The van der Waals surface area contributed by atoms with Crippen molar-refractivity contribution in [2.75, 3.05) is 13.2 Å². The lowest BCUT2D eigenvalue weighted by Gasteiger charge is -2.34. The van der Waals surface area contributed by atoms with E-state index in [1.807, 2.05) is 18.5 Å². The van der Waals surface area contributed by atoms with Crippen molar-refractivity contribution in [2.45, 2.75) is 52.1 Å². The van der Waals surface area contributed by atoms with Crippen molar-refractivity contribution in [3.05, 3.63) is 16.4 Å². The first-order chi connectivity index (χ1) is 9.04. The third kappa shape index (κ3) is 2.96. The zero-order valence-corrected chi connectivity index (χ0v) is 12.8. The van der Waals surface area contributed by atoms with Crippen molar-refractivity contribution in [1.82, 2.24) is 15.1 Å². The molecule has 1 saturated carbocycles. The van der Waals surface area contributed by atoms with Crippen LogP contribution < -0.4 is 5.32 Å². The van der Waals surface area contributed by atoms with E-state index in [0.717, 1.165) is 29.4 Å². The number of aryl methyl sites for hydroxylation is 1. The lowest BCUT2D eigenvalue weighted by Crippen LogP contribution is -2.54. The number of nitrogens with one attached hydrogen (secondary N) is 1. The number of hydrogen-bond donors (Lipinski definition) is 2. The van der Waals surface area contributed by atoms with Gasteiger partial charge in [0.25, 0.3) is 0 Å². The van der Waals surface area contributed by atoms with Gasteiger partial charge >= 0.3 is 0 Å². The number of aliphatic hydroxyl groups is 1. The molecular weight excluding hydrogens is 262 g/mol. The molecule has 5 heteroatoms. The summed E-state index contributed by atoms with van der Waals surface area (Å²) in [6.07, 6.45) is 3.43. The minimum absolute atomic E-state index is 0.146. The first-order valence-electron chi connectivity index (χ1n) is 7.09. The van der Waals surface area contributed by atoms with Gasteiger partial charge in [0, 0.05) is 0 Å². The molecule has 1 aliphatic carbocycles. The molecule has 0 spiro atoms. The molecule has 4 nitrogen and oxygen atoms in total. The zero-order valence-electron chi connectivity index (χ0n) is 12.0. The van der Waals surface area contributed by atoms with Crippen LogP contribution in [-0.4, -0.2) is 33.6 Å². The Labute approximate surface area is 120 Å². The van der Waals surface area contributed by atoms with Crippen molar-refractivity contribution in [1.29, 1.82) is 0 Å². The standard InChI is InChI=1S/C14H24ClN3O/c1-4-7-16-14(9-19,12-5-6-12)8-18-11(3)13(15)10(2)17-18/h12,16,19H,4-9H2,1-3H3. The molecule has 1 aliphatic rings. The molecule has 2 N–H and O–H groups in total. The predicted molar refractivity (Wildman–Crippen MR) is 77.5 cm³/mol. The van der Waals surface area contributed by atoms with E-state index in [1.165, 1.54) is 12.8 Å². The van der Waals surface area contributed by atoms with Crippen LogP contribution in [0.3, 0.4) is 0 Å². The van der Waals surface area contributed by atoms with E-state index >= 15 is 0 Å². The number of halogens is 1. The Bertz CT molecular complexity index is 442. The van der Waals surface area contributed by atoms with Crippen LogP contribution in [0.2, 0.25) is 5.02 Å². The van der Waals surface area contributed by atoms with Crippen LogP contribution in [0.4, 0.5) is 0 Å². The van der Waals surface area contributed by atoms with E-state index < -0.39 is 0 Å². The molecule has 1 fully saturated rings. The molecule has 108 valence electrons. The van der Waals surface area contributed by atoms with Gasteiger partial charge in [0.15, 0.2) is 0 Å². The van der Waals surface area contributed by atoms with E-state index in [4.69, 9.17) is 11.6 Å². The highest BCUT2D eigenvalue weighted by Crippen LogP contribution is 2.41. The van der Waals surface area contributed by atoms with Gasteiger partial charge in [-0.2, -0.15) is 5.10 Å². The van der Waals surface area contributed by atoms with Crippen LogP contribution in [-0.2, 0) is 6.54 Å². The maximum atomic E-state index is 9.91. The zero-order chi connectivity index (χ0) is 14.0. The van der Waals surface area contributed by atoms with E-state index in [9.17, 15) is 5.11 Å². The second-order valence-electron chi connectivity index (χ2n) is 5.66. The highest BCUT2D eigenvalue weighted by molar-refractivity contribution is 6.31. The first kappa shape index (κ1) is 14.8. The van der Waals surface area contributed by atoms with Gasteiger partial charge in [-0.15, -0.1) is 0 Å². The minimum atomic E-state index is -0.247. The fraction of sp³-hybridized carbons (Fsp3) is 0.786. The number of aliphatic hydroxyl groups excluding tert-OH is 1. The summed E-state index contributed by atoms with van der Waals surface area (Å²) in [7, 11) is 0. The van der Waals surface area contributed by atoms with Gasteiger partial charge in [0.2, 0.25) is 0 Å². The van der Waals surface area contributed by atoms with E-state index in [-0.39, 0.29) is 12.1 Å². The number of rotatable bonds is 7. The van der Waals surface area contributed by atoms with Crippen molar-refractivity contribution in [3.8, 4) is 0 Å². The first-order valence-corrected chi connectivity index (χ1v) is 7.47. The summed E-state index contributed by atoms with van der Waals surface area (Å²) in [5, 5.41) is 18.7. The van der Waals surface area contributed by atoms with Gasteiger partial charge in [-0.25, -0.2) is 0 Å². The monoisotopic (exact) mass is 285 g/mol. The lowest BCUT2D eigenvalue weighted by atomic mass is 9.93. The Morgan fingerprint density at radius 1 is 1.47 bits per heavy atom. The molecule has 1 aromatic heterocycles. The molecule has 1 atom stereocenters. The number of nitrogens with zero attached hydrogens (tertiary/aromatic N) is 2. The SMILES string of the molecule is CCCNC(CO)(Cn1nc(C)c(Cl)c1C)C1CC1. The molecule has 1 aromatic rings. The Kier molecular flexibility index (Phi) is 4.54. The Balaban J connectivity index is 2.21. The predicted octanol–water partition coefficient (Wildman–Crippen LogP) is 2.29. The summed E-state index contributed by atoms with van der Waals surface area (Å²) in [4.78, 5) is 0. The lowest BCUT2D eigenvalue weighted by molar-refractivity contribution is 0.117. The second-order valence-corrected chi connectivity index (χ2v) is 6.04. The van der Waals surface area contributed by atoms with Gasteiger partial charge in [-0.1, -0.05) is 18.5 Å². The Morgan fingerprint density at radius 3 is 2.58 bits per heavy atom. The number of hydrogen-bond acceptors (Lipinski definition) is 3. The van der Waals surface area contributed by atoms with E-state index in [2.05, 4.69) is 17.3 Å². The average molecular weight is 286 g/mol. The highest BCUT2D eigenvalue weighted by Gasteiger charge is 2.45. The van der Waals surface area contributed by atoms with E-state index in [1.54, 1.807) is 0 Å². The maximum Gasteiger partial charge on any atom is 0.0844 e. The quantitative estimate of drug-likeness (QED) is 0.808. The second kappa shape index (κ2) is 5.81. The molecule has 2 rings (SSSR count). The van der Waals surface area contributed by atoms with Gasteiger partial charge in [-0.05, 0) is 45.6 Å². The fourth-order valence-corrected chi connectivity index (χ4v) is 2.81. The summed E-state index contributed by atoms with van der Waals surface area (Å²) in [5.41, 5.74) is 1.59. The molecular formula is C14H24ClN3O. The normalized spacial score (nSPS) is 18.6. The molecule has 0 saturated heterocycles. The maximum absolute atomic E-state index is 9.91. The third-order valence-corrected chi connectivity index (χ3v) is 4.64. The van der Waals surface area contributed by atoms with Crippen LogP contribution in [0.1, 0.15) is 37.6 Å². The molecule has 0 radical (unpaired) electrons. The van der Waals surface area contributed by atoms with Gasteiger partial charge < -0.3 is 10.4 Å². The number of aromatic nitrogens is 2. The van der Waals surface area contributed by atoms with Crippen molar-refractivity contribution < 1.29 is 5.11 Å². The molecule has 1 heterocycles. The minimum Gasteiger partial charge on any atom is -0.394 e. The van der Waals surface area contributed by atoms with Crippen molar-refractivity contribution in [3.63, 3.8) is 0 Å². The molecule has 0 aliphatic heterocycles. The molecule has 1 unspecified atom stereocenters. The molecule has 0 aromatic carbocycles.